The van der Waals surface area contributed by atoms with Crippen molar-refractivity contribution >= 4 is 5.91 Å². The Labute approximate surface area is 160 Å². The Balaban J connectivity index is 1.42. The highest BCUT2D eigenvalue weighted by molar-refractivity contribution is 5.93. The fourth-order valence-corrected chi connectivity index (χ4v) is 2.83. The fraction of sp³-hybridized carbons (Fsp3) is 0.100. The number of hydrogen-bond acceptors (Lipinski definition) is 4. The van der Waals surface area contributed by atoms with E-state index in [1.807, 2.05) is 0 Å². The summed E-state index contributed by atoms with van der Waals surface area (Å²) in [4.78, 5) is 20.7. The molecule has 7 nitrogen and oxygen atoms in total. The first-order chi connectivity index (χ1) is 13.6. The molecule has 0 saturated heterocycles. The summed E-state index contributed by atoms with van der Waals surface area (Å²) < 4.78 is 17.7. The SMILES string of the molecule is Cc1nccn1-c1ccc(CNC(=O)c2ccc(-n3cccn3)nc2)cc1F. The molecule has 0 bridgehead atoms. The Bertz CT molecular complexity index is 1100. The second kappa shape index (κ2) is 7.43. The zero-order valence-corrected chi connectivity index (χ0v) is 15.1. The van der Waals surface area contributed by atoms with Gasteiger partial charge < -0.3 is 9.88 Å². The van der Waals surface area contributed by atoms with Gasteiger partial charge in [0.05, 0.1) is 11.3 Å². The Morgan fingerprint density at radius 3 is 2.68 bits per heavy atom. The van der Waals surface area contributed by atoms with Gasteiger partial charge in [0.25, 0.3) is 5.91 Å². The van der Waals surface area contributed by atoms with Gasteiger partial charge >= 0.3 is 0 Å². The maximum Gasteiger partial charge on any atom is 0.253 e. The number of imidazole rings is 1. The standard InChI is InChI=1S/C20H17FN6O/c1-14-22-8-10-26(14)18-5-3-15(11-17(18)21)12-24-20(28)16-4-6-19(23-13-16)27-9-2-7-25-27/h2-11,13H,12H2,1H3,(H,24,28). The van der Waals surface area contributed by atoms with Gasteiger partial charge in [-0.25, -0.2) is 19.0 Å². The Hall–Kier alpha value is -3.81. The molecule has 0 atom stereocenters. The second-order valence-corrected chi connectivity index (χ2v) is 6.17. The molecule has 1 amide bonds. The highest BCUT2D eigenvalue weighted by Gasteiger charge is 2.10. The number of carbonyl (C=O) groups excluding carboxylic acids is 1. The first-order valence-electron chi connectivity index (χ1n) is 8.65. The maximum absolute atomic E-state index is 14.4. The summed E-state index contributed by atoms with van der Waals surface area (Å²) in [5.74, 6) is 0.660. The Morgan fingerprint density at radius 1 is 1.14 bits per heavy atom. The smallest absolute Gasteiger partial charge is 0.253 e. The van der Waals surface area contributed by atoms with Crippen molar-refractivity contribution in [3.05, 3.63) is 90.2 Å². The van der Waals surface area contributed by atoms with Crippen molar-refractivity contribution < 1.29 is 9.18 Å². The van der Waals surface area contributed by atoms with Crippen molar-refractivity contribution in [2.24, 2.45) is 0 Å². The molecule has 0 aliphatic carbocycles. The van der Waals surface area contributed by atoms with Crippen molar-refractivity contribution in [3.8, 4) is 11.5 Å². The van der Waals surface area contributed by atoms with E-state index in [1.165, 1.54) is 12.3 Å². The monoisotopic (exact) mass is 376 g/mol. The minimum Gasteiger partial charge on any atom is -0.348 e. The van der Waals surface area contributed by atoms with Crippen LogP contribution in [0.3, 0.4) is 0 Å². The molecule has 28 heavy (non-hydrogen) atoms. The number of hydrogen-bond donors (Lipinski definition) is 1. The highest BCUT2D eigenvalue weighted by atomic mass is 19.1. The van der Waals surface area contributed by atoms with Crippen LogP contribution in [0.5, 0.6) is 0 Å². The molecule has 0 radical (unpaired) electrons. The minimum absolute atomic E-state index is 0.208. The van der Waals surface area contributed by atoms with E-state index in [2.05, 4.69) is 20.4 Å². The number of carbonyl (C=O) groups is 1. The third kappa shape index (κ3) is 3.52. The van der Waals surface area contributed by atoms with Crippen LogP contribution < -0.4 is 5.32 Å². The molecular weight excluding hydrogens is 359 g/mol. The zero-order chi connectivity index (χ0) is 19.5. The average Bonchev–Trinajstić information content (AvgIpc) is 3.38. The molecule has 0 unspecified atom stereocenters. The summed E-state index contributed by atoms with van der Waals surface area (Å²) in [5, 5.41) is 6.86. The summed E-state index contributed by atoms with van der Waals surface area (Å²) in [6.07, 6.45) is 8.23. The topological polar surface area (TPSA) is 77.6 Å². The van der Waals surface area contributed by atoms with Crippen LogP contribution in [0.2, 0.25) is 0 Å². The number of halogens is 1. The van der Waals surface area contributed by atoms with Gasteiger partial charge in [-0.3, -0.25) is 4.79 Å². The molecule has 8 heteroatoms. The van der Waals surface area contributed by atoms with Crippen molar-refractivity contribution in [2.75, 3.05) is 0 Å². The van der Waals surface area contributed by atoms with E-state index in [9.17, 15) is 9.18 Å². The summed E-state index contributed by atoms with van der Waals surface area (Å²) >= 11 is 0. The maximum atomic E-state index is 14.4. The van der Waals surface area contributed by atoms with Crippen molar-refractivity contribution in [1.29, 1.82) is 0 Å². The van der Waals surface area contributed by atoms with Gasteiger partial charge in [-0.15, -0.1) is 0 Å². The van der Waals surface area contributed by atoms with E-state index in [-0.39, 0.29) is 18.3 Å². The molecule has 0 aliphatic rings. The third-order valence-electron chi connectivity index (χ3n) is 4.30. The highest BCUT2D eigenvalue weighted by Crippen LogP contribution is 2.17. The number of rotatable bonds is 5. The van der Waals surface area contributed by atoms with Crippen LogP contribution in [0.25, 0.3) is 11.5 Å². The van der Waals surface area contributed by atoms with Crippen LogP contribution in [-0.4, -0.2) is 30.2 Å². The van der Waals surface area contributed by atoms with E-state index in [0.29, 0.717) is 28.5 Å². The number of nitrogens with zero attached hydrogens (tertiary/aromatic N) is 5. The van der Waals surface area contributed by atoms with Crippen molar-refractivity contribution in [3.63, 3.8) is 0 Å². The average molecular weight is 376 g/mol. The normalized spacial score (nSPS) is 10.8. The first-order valence-corrected chi connectivity index (χ1v) is 8.65. The lowest BCUT2D eigenvalue weighted by atomic mass is 10.2. The molecule has 0 aliphatic heterocycles. The zero-order valence-electron chi connectivity index (χ0n) is 15.1. The number of amides is 1. The molecular formula is C20H17FN6O. The van der Waals surface area contributed by atoms with E-state index in [4.69, 9.17) is 0 Å². The minimum atomic E-state index is -0.377. The Morgan fingerprint density at radius 2 is 2.04 bits per heavy atom. The van der Waals surface area contributed by atoms with Crippen molar-refractivity contribution in [2.45, 2.75) is 13.5 Å². The lowest BCUT2D eigenvalue weighted by molar-refractivity contribution is 0.0950. The van der Waals surface area contributed by atoms with Crippen LogP contribution in [0.15, 0.2) is 67.4 Å². The van der Waals surface area contributed by atoms with Crippen LogP contribution in [0.1, 0.15) is 21.7 Å². The molecule has 140 valence electrons. The molecule has 3 heterocycles. The number of aromatic nitrogens is 5. The molecule has 4 aromatic rings. The number of aryl methyl sites for hydroxylation is 1. The van der Waals surface area contributed by atoms with Gasteiger partial charge in [0, 0.05) is 37.5 Å². The number of nitrogens with one attached hydrogen (secondary N) is 1. The molecule has 1 aromatic carbocycles. The number of pyridine rings is 1. The van der Waals surface area contributed by atoms with E-state index in [0.717, 1.165) is 0 Å². The largest absolute Gasteiger partial charge is 0.348 e. The lowest BCUT2D eigenvalue weighted by Gasteiger charge is -2.10. The van der Waals surface area contributed by atoms with E-state index in [1.54, 1.807) is 71.3 Å². The van der Waals surface area contributed by atoms with Gasteiger partial charge in [-0.2, -0.15) is 5.10 Å². The molecule has 4 rings (SSSR count). The van der Waals surface area contributed by atoms with Crippen molar-refractivity contribution in [1.82, 2.24) is 29.6 Å². The molecule has 0 fully saturated rings. The quantitative estimate of drug-likeness (QED) is 0.581. The Kier molecular flexibility index (Phi) is 4.67. The summed E-state index contributed by atoms with van der Waals surface area (Å²) in [5.41, 5.74) is 1.50. The summed E-state index contributed by atoms with van der Waals surface area (Å²) in [6.45, 7) is 2.01. The fourth-order valence-electron chi connectivity index (χ4n) is 2.83. The summed E-state index contributed by atoms with van der Waals surface area (Å²) in [6, 6.07) is 10.0. The van der Waals surface area contributed by atoms with E-state index >= 15 is 0 Å². The molecule has 1 N–H and O–H groups in total. The molecule has 3 aromatic heterocycles. The summed E-state index contributed by atoms with van der Waals surface area (Å²) in [7, 11) is 0. The third-order valence-corrected chi connectivity index (χ3v) is 4.30. The van der Waals surface area contributed by atoms with Gasteiger partial charge in [0.2, 0.25) is 0 Å². The first kappa shape index (κ1) is 17.6. The molecule has 0 saturated carbocycles. The van der Waals surface area contributed by atoms with E-state index < -0.39 is 0 Å². The van der Waals surface area contributed by atoms with Crippen LogP contribution in [0, 0.1) is 12.7 Å². The van der Waals surface area contributed by atoms with Gasteiger partial charge in [-0.1, -0.05) is 6.07 Å². The lowest BCUT2D eigenvalue weighted by Crippen LogP contribution is -2.23. The van der Waals surface area contributed by atoms with Crippen LogP contribution in [-0.2, 0) is 6.54 Å². The molecule has 0 spiro atoms. The van der Waals surface area contributed by atoms with Gasteiger partial charge in [-0.05, 0) is 42.8 Å². The van der Waals surface area contributed by atoms with Crippen LogP contribution in [0.4, 0.5) is 4.39 Å². The predicted molar refractivity (Wildman–Crippen MR) is 101 cm³/mol. The predicted octanol–water partition coefficient (Wildman–Crippen LogP) is 2.83. The second-order valence-electron chi connectivity index (χ2n) is 6.17. The van der Waals surface area contributed by atoms with Gasteiger partial charge in [0.15, 0.2) is 5.82 Å². The van der Waals surface area contributed by atoms with Crippen LogP contribution >= 0.6 is 0 Å². The van der Waals surface area contributed by atoms with Gasteiger partial charge in [0.1, 0.15) is 11.6 Å². The number of benzene rings is 1.